The molecule has 0 bridgehead atoms. The molecular weight excluding hydrogens is 382 g/mol. The quantitative estimate of drug-likeness (QED) is 0.606. The maximum absolute atomic E-state index is 12.2. The number of benzene rings is 2. The zero-order valence-electron chi connectivity index (χ0n) is 17.7. The molecule has 0 radical (unpaired) electrons. The first kappa shape index (κ1) is 21.7. The molecule has 1 aliphatic carbocycles. The van der Waals surface area contributed by atoms with Crippen molar-refractivity contribution in [2.24, 2.45) is 0 Å². The number of ether oxygens (including phenoxy) is 3. The summed E-state index contributed by atoms with van der Waals surface area (Å²) in [5.74, 6) is 0.630. The van der Waals surface area contributed by atoms with Crippen molar-refractivity contribution in [3.05, 3.63) is 58.7 Å². The molecule has 6 heteroatoms. The van der Waals surface area contributed by atoms with Gasteiger partial charge in [-0.25, -0.2) is 4.79 Å². The first-order valence-electron chi connectivity index (χ1n) is 10.5. The van der Waals surface area contributed by atoms with Crippen molar-refractivity contribution in [1.29, 1.82) is 0 Å². The summed E-state index contributed by atoms with van der Waals surface area (Å²) in [4.78, 5) is 24.2. The van der Waals surface area contributed by atoms with E-state index in [9.17, 15) is 9.59 Å². The Labute approximate surface area is 177 Å². The molecule has 0 unspecified atom stereocenters. The number of fused-ring (bicyclic) bond motifs is 1. The van der Waals surface area contributed by atoms with Gasteiger partial charge in [0.15, 0.2) is 18.1 Å². The highest BCUT2D eigenvalue weighted by atomic mass is 16.5. The molecule has 0 aliphatic heterocycles. The van der Waals surface area contributed by atoms with Gasteiger partial charge in [-0.1, -0.05) is 12.1 Å². The van der Waals surface area contributed by atoms with E-state index in [1.54, 1.807) is 6.07 Å². The SMILES string of the molecule is CCOc1ccc(CCNC(=O)COC(=O)c2ccc3c(c2)CCC3)cc1OCC. The van der Waals surface area contributed by atoms with Gasteiger partial charge in [0.05, 0.1) is 18.8 Å². The van der Waals surface area contributed by atoms with Crippen molar-refractivity contribution < 1.29 is 23.8 Å². The van der Waals surface area contributed by atoms with Crippen molar-refractivity contribution in [3.8, 4) is 11.5 Å². The molecule has 30 heavy (non-hydrogen) atoms. The van der Waals surface area contributed by atoms with E-state index in [1.807, 2.05) is 44.2 Å². The maximum Gasteiger partial charge on any atom is 0.338 e. The normalized spacial score (nSPS) is 12.2. The Hall–Kier alpha value is -3.02. The third-order valence-electron chi connectivity index (χ3n) is 5.01. The van der Waals surface area contributed by atoms with Gasteiger partial charge < -0.3 is 19.5 Å². The van der Waals surface area contributed by atoms with E-state index in [0.29, 0.717) is 43.2 Å². The summed E-state index contributed by atoms with van der Waals surface area (Å²) in [7, 11) is 0. The van der Waals surface area contributed by atoms with Crippen LogP contribution in [0.1, 0.15) is 47.3 Å². The van der Waals surface area contributed by atoms with Crippen LogP contribution in [0.2, 0.25) is 0 Å². The van der Waals surface area contributed by atoms with Crippen molar-refractivity contribution in [2.45, 2.75) is 39.5 Å². The average Bonchev–Trinajstić information content (AvgIpc) is 3.22. The van der Waals surface area contributed by atoms with Crippen LogP contribution >= 0.6 is 0 Å². The Balaban J connectivity index is 1.43. The van der Waals surface area contributed by atoms with Crippen LogP contribution < -0.4 is 14.8 Å². The van der Waals surface area contributed by atoms with Gasteiger partial charge in [0.2, 0.25) is 0 Å². The van der Waals surface area contributed by atoms with Crippen LogP contribution in [0.15, 0.2) is 36.4 Å². The molecule has 0 atom stereocenters. The Morgan fingerprint density at radius 1 is 0.933 bits per heavy atom. The summed E-state index contributed by atoms with van der Waals surface area (Å²) >= 11 is 0. The molecule has 0 saturated carbocycles. The average molecular weight is 411 g/mol. The molecule has 0 heterocycles. The van der Waals surface area contributed by atoms with Gasteiger partial charge in [-0.2, -0.15) is 0 Å². The van der Waals surface area contributed by atoms with E-state index in [1.165, 1.54) is 11.1 Å². The minimum atomic E-state index is -0.465. The van der Waals surface area contributed by atoms with Gasteiger partial charge in [-0.15, -0.1) is 0 Å². The van der Waals surface area contributed by atoms with Gasteiger partial charge in [-0.3, -0.25) is 4.79 Å². The lowest BCUT2D eigenvalue weighted by Gasteiger charge is -2.12. The highest BCUT2D eigenvalue weighted by Crippen LogP contribution is 2.28. The summed E-state index contributed by atoms with van der Waals surface area (Å²) in [5.41, 5.74) is 4.03. The van der Waals surface area contributed by atoms with E-state index in [2.05, 4.69) is 5.32 Å². The largest absolute Gasteiger partial charge is 0.490 e. The number of aryl methyl sites for hydroxylation is 2. The van der Waals surface area contributed by atoms with Gasteiger partial charge in [0, 0.05) is 6.54 Å². The molecule has 160 valence electrons. The molecule has 6 nitrogen and oxygen atoms in total. The lowest BCUT2D eigenvalue weighted by molar-refractivity contribution is -0.124. The van der Waals surface area contributed by atoms with Crippen molar-refractivity contribution in [2.75, 3.05) is 26.4 Å². The Morgan fingerprint density at radius 3 is 2.50 bits per heavy atom. The lowest BCUT2D eigenvalue weighted by Crippen LogP contribution is -2.30. The third kappa shape index (κ3) is 5.75. The van der Waals surface area contributed by atoms with E-state index >= 15 is 0 Å². The Kier molecular flexibility index (Phi) is 7.71. The van der Waals surface area contributed by atoms with Gasteiger partial charge >= 0.3 is 5.97 Å². The molecule has 1 N–H and O–H groups in total. The van der Waals surface area contributed by atoms with E-state index in [0.717, 1.165) is 24.8 Å². The van der Waals surface area contributed by atoms with Crippen LogP contribution in [0.5, 0.6) is 11.5 Å². The zero-order valence-corrected chi connectivity index (χ0v) is 17.7. The Morgan fingerprint density at radius 2 is 1.70 bits per heavy atom. The van der Waals surface area contributed by atoms with E-state index < -0.39 is 5.97 Å². The fraction of sp³-hybridized carbons (Fsp3) is 0.417. The van der Waals surface area contributed by atoms with Gasteiger partial charge in [-0.05, 0) is 80.5 Å². The minimum Gasteiger partial charge on any atom is -0.490 e. The van der Waals surface area contributed by atoms with Crippen LogP contribution in [0, 0.1) is 0 Å². The van der Waals surface area contributed by atoms with Crippen molar-refractivity contribution in [1.82, 2.24) is 5.32 Å². The fourth-order valence-electron chi connectivity index (χ4n) is 3.56. The number of carbonyl (C=O) groups is 2. The lowest BCUT2D eigenvalue weighted by atomic mass is 10.1. The monoisotopic (exact) mass is 411 g/mol. The summed E-state index contributed by atoms with van der Waals surface area (Å²) in [5, 5.41) is 2.78. The van der Waals surface area contributed by atoms with Crippen LogP contribution in [0.25, 0.3) is 0 Å². The second kappa shape index (κ2) is 10.7. The molecule has 1 amide bonds. The van der Waals surface area contributed by atoms with Crippen LogP contribution in [0.4, 0.5) is 0 Å². The number of hydrogen-bond acceptors (Lipinski definition) is 5. The first-order valence-corrected chi connectivity index (χ1v) is 10.5. The highest BCUT2D eigenvalue weighted by molar-refractivity contribution is 5.91. The molecule has 3 rings (SSSR count). The highest BCUT2D eigenvalue weighted by Gasteiger charge is 2.15. The molecule has 0 fully saturated rings. The van der Waals surface area contributed by atoms with E-state index in [4.69, 9.17) is 14.2 Å². The first-order chi connectivity index (χ1) is 14.6. The summed E-state index contributed by atoms with van der Waals surface area (Å²) < 4.78 is 16.3. The van der Waals surface area contributed by atoms with Gasteiger partial charge in [0.1, 0.15) is 0 Å². The third-order valence-corrected chi connectivity index (χ3v) is 5.01. The predicted molar refractivity (Wildman–Crippen MR) is 114 cm³/mol. The minimum absolute atomic E-state index is 0.288. The predicted octanol–water partition coefficient (Wildman–Crippen LogP) is 3.49. The second-order valence-corrected chi connectivity index (χ2v) is 7.16. The number of carbonyl (C=O) groups excluding carboxylic acids is 2. The van der Waals surface area contributed by atoms with Crippen molar-refractivity contribution >= 4 is 11.9 Å². The van der Waals surface area contributed by atoms with Crippen LogP contribution in [-0.4, -0.2) is 38.2 Å². The summed E-state index contributed by atoms with van der Waals surface area (Å²) in [6.07, 6.45) is 3.81. The molecule has 0 spiro atoms. The second-order valence-electron chi connectivity index (χ2n) is 7.16. The standard InChI is InChI=1S/C24H29NO5/c1-3-28-21-11-8-17(14-22(21)29-4-2)12-13-25-23(26)16-30-24(27)20-10-9-18-6-5-7-19(18)15-20/h8-11,14-15H,3-7,12-13,16H2,1-2H3,(H,25,26). The molecule has 2 aromatic carbocycles. The molecule has 2 aromatic rings. The number of rotatable bonds is 10. The van der Waals surface area contributed by atoms with Gasteiger partial charge in [0.25, 0.3) is 5.91 Å². The number of nitrogens with one attached hydrogen (secondary N) is 1. The fourth-order valence-corrected chi connectivity index (χ4v) is 3.56. The summed E-state index contributed by atoms with van der Waals surface area (Å²) in [6, 6.07) is 11.4. The van der Waals surface area contributed by atoms with E-state index in [-0.39, 0.29) is 12.5 Å². The van der Waals surface area contributed by atoms with Crippen LogP contribution in [-0.2, 0) is 28.8 Å². The molecule has 1 aliphatic rings. The smallest absolute Gasteiger partial charge is 0.338 e. The number of hydrogen-bond donors (Lipinski definition) is 1. The molecule has 0 saturated heterocycles. The van der Waals surface area contributed by atoms with Crippen molar-refractivity contribution in [3.63, 3.8) is 0 Å². The topological polar surface area (TPSA) is 73.9 Å². The van der Waals surface area contributed by atoms with Crippen LogP contribution in [0.3, 0.4) is 0 Å². The number of esters is 1. The molecular formula is C24H29NO5. The molecule has 0 aromatic heterocycles. The summed E-state index contributed by atoms with van der Waals surface area (Å²) in [6.45, 7) is 5.12. The Bertz CT molecular complexity index is 893. The number of amides is 1. The zero-order chi connectivity index (χ0) is 21.3. The maximum atomic E-state index is 12.2.